The molecule has 6 heteroatoms. The lowest BCUT2D eigenvalue weighted by Crippen LogP contribution is -2.55. The van der Waals surface area contributed by atoms with E-state index in [-0.39, 0.29) is 11.9 Å². The predicted octanol–water partition coefficient (Wildman–Crippen LogP) is 4.10. The molecular weight excluding hydrogens is 395 g/mol. The van der Waals surface area contributed by atoms with Gasteiger partial charge in [-0.3, -0.25) is 14.5 Å². The number of hydroxylamine groups is 2. The Labute approximate surface area is 184 Å². The van der Waals surface area contributed by atoms with Gasteiger partial charge in [0.2, 0.25) is 0 Å². The molecule has 0 aromatic heterocycles. The molecule has 2 atom stereocenters. The smallest absolute Gasteiger partial charge is 0.263 e. The largest absolute Gasteiger partial charge is 0.508 e. The van der Waals surface area contributed by atoms with E-state index in [9.17, 15) is 9.18 Å². The summed E-state index contributed by atoms with van der Waals surface area (Å²) in [7, 11) is 0. The summed E-state index contributed by atoms with van der Waals surface area (Å²) in [4.78, 5) is 20.2. The van der Waals surface area contributed by atoms with Crippen molar-refractivity contribution < 1.29 is 19.1 Å². The molecule has 2 heterocycles. The monoisotopic (exact) mass is 426 g/mol. The first-order valence-electron chi connectivity index (χ1n) is 10.5. The number of carbonyl (C=O) groups excluding carboxylic acids is 1. The highest BCUT2D eigenvalue weighted by Crippen LogP contribution is 2.22. The molecule has 0 radical (unpaired) electrons. The summed E-state index contributed by atoms with van der Waals surface area (Å²) in [6.07, 6.45) is 9.27. The zero-order chi connectivity index (χ0) is 22.6. The molecule has 0 spiro atoms. The number of benzene rings is 2. The number of hydrogen-bond acceptors (Lipinski definition) is 4. The van der Waals surface area contributed by atoms with Gasteiger partial charge in [-0.1, -0.05) is 48.0 Å². The number of hydrogen-bond donors (Lipinski definition) is 1. The van der Waals surface area contributed by atoms with Crippen LogP contribution in [0.4, 0.5) is 4.39 Å². The Morgan fingerprint density at radius 2 is 1.77 bits per heavy atom. The van der Waals surface area contributed by atoms with E-state index in [1.165, 1.54) is 10.6 Å². The summed E-state index contributed by atoms with van der Waals surface area (Å²) in [6, 6.07) is 16.5. The molecule has 1 amide bonds. The number of terminal acetylenes is 1. The predicted molar refractivity (Wildman–Crippen MR) is 120 cm³/mol. The van der Waals surface area contributed by atoms with Crippen LogP contribution in [0.2, 0.25) is 0 Å². The van der Waals surface area contributed by atoms with Crippen molar-refractivity contribution in [3.63, 3.8) is 0 Å². The number of rotatable bonds is 3. The Hall–Kier alpha value is -2.88. The molecule has 5 nitrogen and oxygen atoms in total. The van der Waals surface area contributed by atoms with Crippen LogP contribution in [0.1, 0.15) is 30.4 Å². The highest BCUT2D eigenvalue weighted by Gasteiger charge is 2.36. The number of phenols is 1. The van der Waals surface area contributed by atoms with Gasteiger partial charge in [0.1, 0.15) is 11.9 Å². The van der Waals surface area contributed by atoms with E-state index in [1.807, 2.05) is 42.2 Å². The van der Waals surface area contributed by atoms with E-state index in [4.69, 9.17) is 9.94 Å². The van der Waals surface area contributed by atoms with Crippen LogP contribution in [-0.4, -0.2) is 52.9 Å². The molecule has 4 rings (SSSR count). The first-order chi connectivity index (χ1) is 15.0. The first-order valence-corrected chi connectivity index (χ1v) is 10.5. The van der Waals surface area contributed by atoms with E-state index in [0.717, 1.165) is 18.5 Å². The van der Waals surface area contributed by atoms with Gasteiger partial charge in [-0.2, -0.15) is 0 Å². The number of amides is 1. The maximum Gasteiger partial charge on any atom is 0.263 e. The number of para-hydroxylation sites is 1. The molecule has 1 N–H and O–H groups in total. The number of alkyl halides is 1. The van der Waals surface area contributed by atoms with E-state index < -0.39 is 6.17 Å². The van der Waals surface area contributed by atoms with Crippen LogP contribution in [0, 0.1) is 19.8 Å². The fourth-order valence-corrected chi connectivity index (χ4v) is 3.61. The molecular formula is C25H31FN2O3. The molecule has 2 aromatic rings. The number of halogens is 1. The number of carbonyl (C=O) groups is 1. The maximum atomic E-state index is 13.6. The van der Waals surface area contributed by atoms with Crippen LogP contribution in [0.25, 0.3) is 0 Å². The van der Waals surface area contributed by atoms with Crippen molar-refractivity contribution in [3.05, 3.63) is 65.7 Å². The first kappa shape index (κ1) is 24.4. The van der Waals surface area contributed by atoms with E-state index in [1.54, 1.807) is 24.3 Å². The van der Waals surface area contributed by atoms with Gasteiger partial charge in [-0.05, 0) is 50.4 Å². The maximum absolute atomic E-state index is 13.6. The van der Waals surface area contributed by atoms with Gasteiger partial charge in [0, 0.05) is 6.54 Å². The average molecular weight is 427 g/mol. The lowest BCUT2D eigenvalue weighted by molar-refractivity contribution is -0.212. The molecule has 0 bridgehead atoms. The highest BCUT2D eigenvalue weighted by atomic mass is 19.1. The van der Waals surface area contributed by atoms with Crippen LogP contribution in [0.15, 0.2) is 54.6 Å². The molecule has 2 aliphatic rings. The molecule has 1 unspecified atom stereocenters. The molecule has 0 aliphatic carbocycles. The van der Waals surface area contributed by atoms with Crippen molar-refractivity contribution in [2.45, 2.75) is 44.9 Å². The Morgan fingerprint density at radius 1 is 1.10 bits per heavy atom. The lowest BCUT2D eigenvalue weighted by atomic mass is 10.0. The number of aryl methyl sites for hydroxylation is 1. The average Bonchev–Trinajstić information content (AvgIpc) is 2.79. The third kappa shape index (κ3) is 7.71. The Bertz CT molecular complexity index is 811. The van der Waals surface area contributed by atoms with Crippen LogP contribution in [0.5, 0.6) is 5.75 Å². The second-order valence-corrected chi connectivity index (χ2v) is 7.57. The minimum absolute atomic E-state index is 0.0408. The molecule has 0 saturated carbocycles. The number of piperidine rings is 1. The number of likely N-dealkylation sites (tertiary alicyclic amines) is 1. The summed E-state index contributed by atoms with van der Waals surface area (Å²) >= 11 is 0. The standard InChI is InChI=1S/C17H23FN2O2.C6H6O.C2H2/c1-13-4-6-14(7-5-13)11-20-17(21)16(8-10-22-20)19-9-2-3-15(18)12-19;7-6-4-2-1-3-5-6;1-2/h4-7,15-16H,2-3,8-12H2,1H3;1-5,7H;1-2H/t15-,16?;;/m1../s1. The van der Waals surface area contributed by atoms with Crippen molar-refractivity contribution in [1.82, 2.24) is 9.96 Å². The summed E-state index contributed by atoms with van der Waals surface area (Å²) in [5.74, 6) is 0.281. The third-order valence-corrected chi connectivity index (χ3v) is 5.21. The fourth-order valence-electron chi connectivity index (χ4n) is 3.61. The zero-order valence-corrected chi connectivity index (χ0v) is 18.0. The van der Waals surface area contributed by atoms with Crippen LogP contribution in [-0.2, 0) is 16.2 Å². The molecule has 166 valence electrons. The van der Waals surface area contributed by atoms with Gasteiger partial charge in [0.25, 0.3) is 5.91 Å². The quantitative estimate of drug-likeness (QED) is 0.751. The second-order valence-electron chi connectivity index (χ2n) is 7.57. The van der Waals surface area contributed by atoms with Crippen molar-refractivity contribution in [2.24, 2.45) is 0 Å². The van der Waals surface area contributed by atoms with Crippen LogP contribution < -0.4 is 0 Å². The van der Waals surface area contributed by atoms with Gasteiger partial charge in [0.05, 0.1) is 19.2 Å². The van der Waals surface area contributed by atoms with Crippen molar-refractivity contribution in [2.75, 3.05) is 19.7 Å². The number of aromatic hydroxyl groups is 1. The van der Waals surface area contributed by atoms with E-state index in [0.29, 0.717) is 38.3 Å². The normalized spacial score (nSPS) is 21.3. The zero-order valence-electron chi connectivity index (χ0n) is 18.0. The van der Waals surface area contributed by atoms with Crippen molar-refractivity contribution in [1.29, 1.82) is 0 Å². The summed E-state index contributed by atoms with van der Waals surface area (Å²) in [6.45, 7) is 4.16. The molecule has 2 fully saturated rings. The summed E-state index contributed by atoms with van der Waals surface area (Å²) in [5, 5.41) is 10.1. The SMILES string of the molecule is C#C.Cc1ccc(CN2OCCC(N3CCC[C@@H](F)C3)C2=O)cc1.Oc1ccccc1. The van der Waals surface area contributed by atoms with Crippen LogP contribution >= 0.6 is 0 Å². The topological polar surface area (TPSA) is 53.0 Å². The minimum Gasteiger partial charge on any atom is -0.508 e. The fraction of sp³-hybridized carbons (Fsp3) is 0.400. The molecule has 2 aliphatic heterocycles. The minimum atomic E-state index is -0.810. The Balaban J connectivity index is 0.000000319. The summed E-state index contributed by atoms with van der Waals surface area (Å²) in [5.41, 5.74) is 2.23. The third-order valence-electron chi connectivity index (χ3n) is 5.21. The Morgan fingerprint density at radius 3 is 2.35 bits per heavy atom. The highest BCUT2D eigenvalue weighted by molar-refractivity contribution is 5.81. The number of nitrogens with zero attached hydrogens (tertiary/aromatic N) is 2. The van der Waals surface area contributed by atoms with E-state index in [2.05, 4.69) is 12.8 Å². The molecule has 2 aromatic carbocycles. The van der Waals surface area contributed by atoms with Crippen LogP contribution in [0.3, 0.4) is 0 Å². The molecule has 31 heavy (non-hydrogen) atoms. The molecule has 2 saturated heterocycles. The van der Waals surface area contributed by atoms with Gasteiger partial charge in [-0.15, -0.1) is 12.8 Å². The van der Waals surface area contributed by atoms with Gasteiger partial charge < -0.3 is 5.11 Å². The van der Waals surface area contributed by atoms with Crippen molar-refractivity contribution >= 4 is 5.91 Å². The Kier molecular flexibility index (Phi) is 10.0. The second kappa shape index (κ2) is 12.7. The number of phenolic OH excluding ortho intramolecular Hbond substituents is 1. The van der Waals surface area contributed by atoms with Gasteiger partial charge in [0.15, 0.2) is 0 Å². The van der Waals surface area contributed by atoms with Crippen molar-refractivity contribution in [3.8, 4) is 18.6 Å². The van der Waals surface area contributed by atoms with Gasteiger partial charge in [-0.25, -0.2) is 9.45 Å². The van der Waals surface area contributed by atoms with E-state index >= 15 is 0 Å². The lowest BCUT2D eigenvalue weighted by Gasteiger charge is -2.40. The summed E-state index contributed by atoms with van der Waals surface area (Å²) < 4.78 is 13.6. The van der Waals surface area contributed by atoms with Gasteiger partial charge >= 0.3 is 0 Å².